The van der Waals surface area contributed by atoms with Gasteiger partial charge in [0.25, 0.3) is 0 Å². The third kappa shape index (κ3) is 1.17. The van der Waals surface area contributed by atoms with Crippen LogP contribution in [0.1, 0.15) is 6.42 Å². The van der Waals surface area contributed by atoms with Crippen LogP contribution in [0.25, 0.3) is 0 Å². The Morgan fingerprint density at radius 2 is 2.11 bits per heavy atom. The summed E-state index contributed by atoms with van der Waals surface area (Å²) in [5.74, 6) is -0.316. The molecule has 1 saturated heterocycles. The van der Waals surface area contributed by atoms with Gasteiger partial charge in [0, 0.05) is 13.0 Å². The third-order valence-electron chi connectivity index (χ3n) is 1.06. The molecule has 0 atom stereocenters. The number of Topliss-reactive ketones (excluding diaryl/α,β-unsaturated/α-hetero) is 1. The van der Waals surface area contributed by atoms with Crippen molar-refractivity contribution < 1.29 is 13.2 Å². The molecule has 0 aromatic rings. The highest BCUT2D eigenvalue weighted by Gasteiger charge is 2.18. The largest absolute Gasteiger partial charge is 0.292 e. The van der Waals surface area contributed by atoms with Crippen LogP contribution in [0.5, 0.6) is 0 Å². The molecule has 0 bridgehead atoms. The Hall–Kier alpha value is -0.680. The summed E-state index contributed by atoms with van der Waals surface area (Å²) in [6.45, 7) is 0.447. The van der Waals surface area contributed by atoms with Crippen molar-refractivity contribution in [2.75, 3.05) is 6.54 Å². The van der Waals surface area contributed by atoms with Crippen LogP contribution < -0.4 is 5.32 Å². The van der Waals surface area contributed by atoms with Crippen LogP contribution >= 0.6 is 0 Å². The van der Waals surface area contributed by atoms with Crippen molar-refractivity contribution in [3.05, 3.63) is 0 Å². The Balaban J connectivity index is 3.12. The Bertz CT molecular complexity index is 256. The number of hydrogen-bond acceptors (Lipinski definition) is 3. The monoisotopic (exact) mass is 147 g/mol. The highest BCUT2D eigenvalue weighted by molar-refractivity contribution is 7.74. The van der Waals surface area contributed by atoms with E-state index in [-0.39, 0.29) is 10.8 Å². The lowest BCUT2D eigenvalue weighted by atomic mass is 10.4. The molecule has 0 radical (unpaired) electrons. The fourth-order valence-corrected chi connectivity index (χ4v) is 1.16. The molecule has 1 fully saturated rings. The summed E-state index contributed by atoms with van der Waals surface area (Å²) in [6, 6.07) is 0. The molecule has 0 aromatic heterocycles. The Morgan fingerprint density at radius 3 is 2.33 bits per heavy atom. The van der Waals surface area contributed by atoms with E-state index in [0.717, 1.165) is 0 Å². The number of ketones is 1. The van der Waals surface area contributed by atoms with E-state index in [1.807, 2.05) is 0 Å². The van der Waals surface area contributed by atoms with Crippen molar-refractivity contribution in [2.45, 2.75) is 6.42 Å². The number of rotatable bonds is 0. The summed E-state index contributed by atoms with van der Waals surface area (Å²) < 4.78 is 20.2. The van der Waals surface area contributed by atoms with Crippen molar-refractivity contribution in [1.29, 1.82) is 0 Å². The molecule has 0 saturated carbocycles. The molecule has 50 valence electrons. The second-order valence-electron chi connectivity index (χ2n) is 1.66. The first-order chi connectivity index (χ1) is 4.22. The van der Waals surface area contributed by atoms with Gasteiger partial charge >= 0.3 is 0 Å². The van der Waals surface area contributed by atoms with Crippen molar-refractivity contribution in [3.63, 3.8) is 0 Å². The molecule has 9 heavy (non-hydrogen) atoms. The van der Waals surface area contributed by atoms with E-state index in [4.69, 9.17) is 0 Å². The predicted octanol–water partition coefficient (Wildman–Crippen LogP) is -1.44. The van der Waals surface area contributed by atoms with Gasteiger partial charge < -0.3 is 0 Å². The maximum absolute atomic E-state index is 10.5. The normalized spacial score (nSPS) is 18.7. The molecular formula is C4H5NO3S. The van der Waals surface area contributed by atoms with Gasteiger partial charge in [-0.1, -0.05) is 0 Å². The lowest BCUT2D eigenvalue weighted by Gasteiger charge is -1.80. The van der Waals surface area contributed by atoms with Gasteiger partial charge in [0.2, 0.25) is 10.3 Å². The number of carbonyl (C=O) groups is 1. The minimum Gasteiger partial charge on any atom is -0.292 e. The number of nitrogens with one attached hydrogen (secondary N) is 1. The van der Waals surface area contributed by atoms with Crippen LogP contribution in [-0.2, 0) is 15.1 Å². The van der Waals surface area contributed by atoms with Gasteiger partial charge in [-0.2, -0.15) is 8.42 Å². The smallest absolute Gasteiger partial charge is 0.236 e. The minimum atomic E-state index is -2.36. The molecule has 1 heterocycles. The third-order valence-corrected chi connectivity index (χ3v) is 1.76. The molecular weight excluding hydrogens is 142 g/mol. The summed E-state index contributed by atoms with van der Waals surface area (Å²) in [6.07, 6.45) is 0.295. The van der Waals surface area contributed by atoms with Gasteiger partial charge in [0.05, 0.1) is 0 Å². The van der Waals surface area contributed by atoms with Gasteiger partial charge in [-0.05, 0) is 0 Å². The average molecular weight is 147 g/mol. The molecule has 0 unspecified atom stereocenters. The van der Waals surface area contributed by atoms with Crippen molar-refractivity contribution in [3.8, 4) is 0 Å². The number of carbonyl (C=O) groups excluding carboxylic acids is 1. The minimum absolute atomic E-state index is 0.171. The molecule has 0 aromatic carbocycles. The summed E-state index contributed by atoms with van der Waals surface area (Å²) in [7, 11) is -2.36. The summed E-state index contributed by atoms with van der Waals surface area (Å²) in [5, 5.41) is 2.46. The SMILES string of the molecule is O=C1CCNC1=S(=O)=O. The highest BCUT2D eigenvalue weighted by Crippen LogP contribution is 1.90. The topological polar surface area (TPSA) is 63.2 Å². The zero-order valence-electron chi connectivity index (χ0n) is 4.55. The van der Waals surface area contributed by atoms with Crippen LogP contribution in [0, 0.1) is 0 Å². The van der Waals surface area contributed by atoms with E-state index in [0.29, 0.717) is 13.0 Å². The van der Waals surface area contributed by atoms with Gasteiger partial charge in [-0.25, -0.2) is 0 Å². The van der Waals surface area contributed by atoms with Gasteiger partial charge in [-0.3, -0.25) is 10.1 Å². The average Bonchev–Trinajstić information content (AvgIpc) is 2.13. The molecule has 0 aliphatic carbocycles. The lowest BCUT2D eigenvalue weighted by Crippen LogP contribution is -2.20. The Labute approximate surface area is 53.4 Å². The lowest BCUT2D eigenvalue weighted by molar-refractivity contribution is -0.112. The molecule has 0 amide bonds. The zero-order chi connectivity index (χ0) is 6.85. The van der Waals surface area contributed by atoms with Crippen molar-refractivity contribution >= 4 is 21.1 Å². The van der Waals surface area contributed by atoms with Crippen LogP contribution in [0.4, 0.5) is 0 Å². The van der Waals surface area contributed by atoms with Crippen molar-refractivity contribution in [2.24, 2.45) is 0 Å². The number of hydrogen-bond donors (Lipinski definition) is 1. The van der Waals surface area contributed by atoms with Crippen molar-refractivity contribution in [1.82, 2.24) is 5.32 Å². The molecule has 1 aliphatic rings. The van der Waals surface area contributed by atoms with E-state index in [2.05, 4.69) is 5.32 Å². The molecule has 1 N–H and O–H groups in total. The summed E-state index contributed by atoms with van der Waals surface area (Å²) in [4.78, 5) is 10.4. The highest BCUT2D eigenvalue weighted by atomic mass is 32.2. The van der Waals surface area contributed by atoms with Crippen LogP contribution in [0.2, 0.25) is 0 Å². The molecule has 1 aliphatic heterocycles. The van der Waals surface area contributed by atoms with Crippen LogP contribution in [0.3, 0.4) is 0 Å². The van der Waals surface area contributed by atoms with E-state index in [1.165, 1.54) is 0 Å². The van der Waals surface area contributed by atoms with Gasteiger partial charge in [0.15, 0.2) is 10.8 Å². The summed E-state index contributed by atoms with van der Waals surface area (Å²) >= 11 is 0. The first kappa shape index (κ1) is 6.44. The first-order valence-electron chi connectivity index (χ1n) is 2.45. The van der Waals surface area contributed by atoms with E-state index in [1.54, 1.807) is 0 Å². The van der Waals surface area contributed by atoms with E-state index >= 15 is 0 Å². The maximum Gasteiger partial charge on any atom is 0.236 e. The quantitative estimate of drug-likeness (QED) is 0.426. The Kier molecular flexibility index (Phi) is 1.63. The standard InChI is InChI=1S/C4H5NO3S/c6-3-1-2-5-4(3)9(7)8/h5H,1-2H2. The maximum atomic E-state index is 10.5. The van der Waals surface area contributed by atoms with Gasteiger partial charge in [-0.15, -0.1) is 0 Å². The summed E-state index contributed by atoms with van der Waals surface area (Å²) in [5.41, 5.74) is 0. The molecule has 1 rings (SSSR count). The molecule has 4 nitrogen and oxygen atoms in total. The zero-order valence-corrected chi connectivity index (χ0v) is 5.36. The van der Waals surface area contributed by atoms with E-state index < -0.39 is 10.3 Å². The fraction of sp³-hybridized carbons (Fsp3) is 0.500. The molecule has 5 heteroatoms. The fourth-order valence-electron chi connectivity index (χ4n) is 0.654. The van der Waals surface area contributed by atoms with Crippen LogP contribution in [-0.4, -0.2) is 25.7 Å². The van der Waals surface area contributed by atoms with Crippen LogP contribution in [0.15, 0.2) is 0 Å². The molecule has 0 spiro atoms. The van der Waals surface area contributed by atoms with Gasteiger partial charge in [0.1, 0.15) is 0 Å². The van der Waals surface area contributed by atoms with E-state index in [9.17, 15) is 13.2 Å². The Morgan fingerprint density at radius 1 is 1.44 bits per heavy atom. The first-order valence-corrected chi connectivity index (χ1v) is 3.52. The second-order valence-corrected chi connectivity index (χ2v) is 2.54. The second kappa shape index (κ2) is 2.28. The predicted molar refractivity (Wildman–Crippen MR) is 31.6 cm³/mol.